The highest BCUT2D eigenvalue weighted by Gasteiger charge is 2.12. The van der Waals surface area contributed by atoms with Crippen LogP contribution in [0.5, 0.6) is 0 Å². The van der Waals surface area contributed by atoms with Crippen molar-refractivity contribution in [2.45, 2.75) is 20.3 Å². The first-order valence-corrected chi connectivity index (χ1v) is 7.11. The van der Waals surface area contributed by atoms with Crippen LogP contribution in [0.25, 0.3) is 0 Å². The Morgan fingerprint density at radius 2 is 2.16 bits per heavy atom. The second-order valence-electron chi connectivity index (χ2n) is 4.34. The molecule has 0 aliphatic carbocycles. The lowest BCUT2D eigenvalue weighted by Gasteiger charge is -2.12. The summed E-state index contributed by atoms with van der Waals surface area (Å²) in [6.07, 6.45) is 0.797. The van der Waals surface area contributed by atoms with Crippen LogP contribution in [0.2, 0.25) is 10.0 Å². The second kappa shape index (κ2) is 8.41. The van der Waals surface area contributed by atoms with E-state index in [9.17, 15) is 4.79 Å². The number of benzene rings is 1. The smallest absolute Gasteiger partial charge is 0.309 e. The van der Waals surface area contributed by atoms with Crippen molar-refractivity contribution >= 4 is 29.2 Å². The monoisotopic (exact) mass is 303 g/mol. The van der Waals surface area contributed by atoms with E-state index in [-0.39, 0.29) is 11.9 Å². The highest BCUT2D eigenvalue weighted by Crippen LogP contribution is 2.21. The maximum Gasteiger partial charge on any atom is 0.309 e. The lowest BCUT2D eigenvalue weighted by atomic mass is 10.1. The Hall–Kier alpha value is -0.770. The van der Waals surface area contributed by atoms with Gasteiger partial charge in [-0.05, 0) is 37.6 Å². The number of hydrogen-bond acceptors (Lipinski definition) is 3. The fourth-order valence-corrected chi connectivity index (χ4v) is 2.14. The molecule has 0 saturated heterocycles. The molecule has 106 valence electrons. The summed E-state index contributed by atoms with van der Waals surface area (Å²) < 4.78 is 4.94. The van der Waals surface area contributed by atoms with Gasteiger partial charge in [-0.25, -0.2) is 0 Å². The van der Waals surface area contributed by atoms with Gasteiger partial charge in [0.15, 0.2) is 0 Å². The quantitative estimate of drug-likeness (QED) is 0.620. The average Bonchev–Trinajstić information content (AvgIpc) is 2.36. The molecule has 0 amide bonds. The molecule has 1 aromatic rings. The topological polar surface area (TPSA) is 38.3 Å². The molecular formula is C14H19Cl2NO2. The molecule has 0 bridgehead atoms. The van der Waals surface area contributed by atoms with E-state index < -0.39 is 0 Å². The Bertz CT molecular complexity index is 424. The van der Waals surface area contributed by atoms with Gasteiger partial charge in [0, 0.05) is 16.6 Å². The van der Waals surface area contributed by atoms with Crippen LogP contribution in [0.15, 0.2) is 18.2 Å². The van der Waals surface area contributed by atoms with Crippen molar-refractivity contribution in [3.63, 3.8) is 0 Å². The number of halogens is 2. The van der Waals surface area contributed by atoms with Crippen LogP contribution in [-0.2, 0) is 16.0 Å². The molecule has 1 aromatic carbocycles. The zero-order valence-corrected chi connectivity index (χ0v) is 12.7. The first-order valence-electron chi connectivity index (χ1n) is 6.35. The summed E-state index contributed by atoms with van der Waals surface area (Å²) in [4.78, 5) is 11.4. The first kappa shape index (κ1) is 16.3. The third-order valence-corrected chi connectivity index (χ3v) is 3.31. The Kier molecular flexibility index (Phi) is 7.21. The molecule has 1 N–H and O–H groups in total. The van der Waals surface area contributed by atoms with E-state index in [0.29, 0.717) is 23.2 Å². The highest BCUT2D eigenvalue weighted by molar-refractivity contribution is 6.35. The molecule has 0 aliphatic heterocycles. The van der Waals surface area contributed by atoms with Gasteiger partial charge in [0.1, 0.15) is 0 Å². The molecule has 1 unspecified atom stereocenters. The zero-order chi connectivity index (χ0) is 14.3. The molecule has 1 atom stereocenters. The average molecular weight is 304 g/mol. The van der Waals surface area contributed by atoms with E-state index in [1.807, 2.05) is 19.1 Å². The Balaban J connectivity index is 2.29. The molecule has 5 heteroatoms. The van der Waals surface area contributed by atoms with Gasteiger partial charge in [-0.3, -0.25) is 4.79 Å². The minimum Gasteiger partial charge on any atom is -0.466 e. The summed E-state index contributed by atoms with van der Waals surface area (Å²) >= 11 is 11.9. The number of carbonyl (C=O) groups excluding carboxylic acids is 1. The minimum atomic E-state index is -0.167. The summed E-state index contributed by atoms with van der Waals surface area (Å²) in [5, 5.41) is 4.53. The molecule has 0 heterocycles. The summed E-state index contributed by atoms with van der Waals surface area (Å²) in [6, 6.07) is 5.48. The predicted molar refractivity (Wildman–Crippen MR) is 78.8 cm³/mol. The summed E-state index contributed by atoms with van der Waals surface area (Å²) in [6.45, 7) is 5.43. The van der Waals surface area contributed by atoms with Crippen molar-refractivity contribution < 1.29 is 9.53 Å². The van der Waals surface area contributed by atoms with Crippen LogP contribution in [0.3, 0.4) is 0 Å². The van der Waals surface area contributed by atoms with E-state index in [0.717, 1.165) is 18.5 Å². The molecule has 19 heavy (non-hydrogen) atoms. The number of nitrogens with one attached hydrogen (secondary N) is 1. The minimum absolute atomic E-state index is 0.138. The van der Waals surface area contributed by atoms with Crippen LogP contribution < -0.4 is 5.32 Å². The third-order valence-electron chi connectivity index (χ3n) is 2.73. The van der Waals surface area contributed by atoms with Crippen molar-refractivity contribution in [3.8, 4) is 0 Å². The van der Waals surface area contributed by atoms with E-state index in [4.69, 9.17) is 27.9 Å². The molecule has 0 radical (unpaired) electrons. The largest absolute Gasteiger partial charge is 0.466 e. The molecule has 0 fully saturated rings. The van der Waals surface area contributed by atoms with Gasteiger partial charge in [-0.2, -0.15) is 0 Å². The maximum atomic E-state index is 11.4. The predicted octanol–water partition coefficient (Wildman–Crippen LogP) is 3.32. The van der Waals surface area contributed by atoms with Crippen molar-refractivity contribution in [1.29, 1.82) is 0 Å². The van der Waals surface area contributed by atoms with Crippen LogP contribution in [0.4, 0.5) is 0 Å². The molecular weight excluding hydrogens is 285 g/mol. The molecule has 0 aliphatic rings. The van der Waals surface area contributed by atoms with Crippen LogP contribution in [0, 0.1) is 5.92 Å². The van der Waals surface area contributed by atoms with Gasteiger partial charge in [0.25, 0.3) is 0 Å². The summed E-state index contributed by atoms with van der Waals surface area (Å²) in [5.41, 5.74) is 1.04. The lowest BCUT2D eigenvalue weighted by Crippen LogP contribution is -2.29. The van der Waals surface area contributed by atoms with Crippen molar-refractivity contribution in [2.75, 3.05) is 19.7 Å². The Labute approximate surface area is 124 Å². The molecule has 0 spiro atoms. The van der Waals surface area contributed by atoms with Crippen LogP contribution in [0.1, 0.15) is 19.4 Å². The Morgan fingerprint density at radius 1 is 1.42 bits per heavy atom. The first-order chi connectivity index (χ1) is 9.04. The van der Waals surface area contributed by atoms with E-state index in [2.05, 4.69) is 5.32 Å². The maximum absolute atomic E-state index is 11.4. The fraction of sp³-hybridized carbons (Fsp3) is 0.500. The Morgan fingerprint density at radius 3 is 2.79 bits per heavy atom. The highest BCUT2D eigenvalue weighted by atomic mass is 35.5. The molecule has 0 aromatic heterocycles. The summed E-state index contributed by atoms with van der Waals surface area (Å²) in [7, 11) is 0. The lowest BCUT2D eigenvalue weighted by molar-refractivity contribution is -0.147. The van der Waals surface area contributed by atoms with Crippen LogP contribution >= 0.6 is 23.2 Å². The third kappa shape index (κ3) is 5.81. The standard InChI is InChI=1S/C14H19Cl2NO2/c1-3-19-14(18)10(2)9-17-7-6-11-4-5-12(15)8-13(11)16/h4-5,8,10,17H,3,6-7,9H2,1-2H3. The number of rotatable bonds is 7. The van der Waals surface area contributed by atoms with Gasteiger partial charge in [0.05, 0.1) is 12.5 Å². The van der Waals surface area contributed by atoms with Gasteiger partial charge in [-0.15, -0.1) is 0 Å². The molecule has 0 saturated carbocycles. The van der Waals surface area contributed by atoms with Crippen molar-refractivity contribution in [3.05, 3.63) is 33.8 Å². The van der Waals surface area contributed by atoms with Crippen molar-refractivity contribution in [1.82, 2.24) is 5.32 Å². The van der Waals surface area contributed by atoms with E-state index in [1.165, 1.54) is 0 Å². The number of carbonyl (C=O) groups is 1. The normalized spacial score (nSPS) is 12.2. The second-order valence-corrected chi connectivity index (χ2v) is 5.19. The molecule has 3 nitrogen and oxygen atoms in total. The van der Waals surface area contributed by atoms with Gasteiger partial charge < -0.3 is 10.1 Å². The summed E-state index contributed by atoms with van der Waals surface area (Å²) in [5.74, 6) is -0.305. The number of ether oxygens (including phenoxy) is 1. The van der Waals surface area contributed by atoms with Crippen LogP contribution in [-0.4, -0.2) is 25.7 Å². The SMILES string of the molecule is CCOC(=O)C(C)CNCCc1ccc(Cl)cc1Cl. The number of esters is 1. The zero-order valence-electron chi connectivity index (χ0n) is 11.2. The van der Waals surface area contributed by atoms with Gasteiger partial charge >= 0.3 is 5.97 Å². The van der Waals surface area contributed by atoms with Gasteiger partial charge in [-0.1, -0.05) is 36.2 Å². The van der Waals surface area contributed by atoms with Gasteiger partial charge in [0.2, 0.25) is 0 Å². The van der Waals surface area contributed by atoms with Crippen molar-refractivity contribution in [2.24, 2.45) is 5.92 Å². The van der Waals surface area contributed by atoms with E-state index in [1.54, 1.807) is 13.0 Å². The fourth-order valence-electron chi connectivity index (χ4n) is 1.63. The molecule has 1 rings (SSSR count). The van der Waals surface area contributed by atoms with E-state index >= 15 is 0 Å². The number of hydrogen-bond donors (Lipinski definition) is 1.